The summed E-state index contributed by atoms with van der Waals surface area (Å²) in [4.78, 5) is 25.1. The molecule has 2 fully saturated rings. The van der Waals surface area contributed by atoms with Crippen LogP contribution in [0.4, 0.5) is 0 Å². The molecule has 128 valence electrons. The molecule has 3 aliphatic rings. The molecule has 0 unspecified atom stereocenters. The molecule has 0 radical (unpaired) electrons. The number of aryl methyl sites for hydroxylation is 1. The zero-order valence-corrected chi connectivity index (χ0v) is 14.3. The molecule has 2 aliphatic carbocycles. The number of ether oxygens (including phenoxy) is 1. The van der Waals surface area contributed by atoms with Crippen molar-refractivity contribution in [2.45, 2.75) is 46.0 Å². The number of furan rings is 1. The molecule has 4 nitrogen and oxygen atoms in total. The Morgan fingerprint density at radius 3 is 2.92 bits per heavy atom. The maximum absolute atomic E-state index is 12.8. The van der Waals surface area contributed by atoms with Crippen molar-refractivity contribution in [2.24, 2.45) is 22.7 Å². The molecular formula is C20H24O4. The normalized spacial score (nSPS) is 38.3. The van der Waals surface area contributed by atoms with Crippen LogP contribution in [0.3, 0.4) is 0 Å². The fraction of sp³-hybridized carbons (Fsp3) is 0.600. The summed E-state index contributed by atoms with van der Waals surface area (Å²) in [5, 5.41) is 0. The van der Waals surface area contributed by atoms with Gasteiger partial charge in [0.05, 0.1) is 24.5 Å². The second-order valence-electron chi connectivity index (χ2n) is 7.90. The van der Waals surface area contributed by atoms with Crippen molar-refractivity contribution in [1.82, 2.24) is 0 Å². The standard InChI is InChI=1S/C20H24O4/c1-13-3-7-20-14(2)9-16(21)10-17(20)19(13,12-24-18(20)22)6-4-15-5-8-23-11-15/h5,8-9,11,13,17H,3-4,6-7,10,12H2,1-2H3/t13-,17-,19-,20-/m1/s1. The smallest absolute Gasteiger partial charge is 0.316 e. The summed E-state index contributed by atoms with van der Waals surface area (Å²) in [7, 11) is 0. The molecule has 2 bridgehead atoms. The van der Waals surface area contributed by atoms with Crippen molar-refractivity contribution < 1.29 is 18.7 Å². The van der Waals surface area contributed by atoms with E-state index in [2.05, 4.69) is 6.92 Å². The second-order valence-corrected chi connectivity index (χ2v) is 7.90. The van der Waals surface area contributed by atoms with Gasteiger partial charge in [-0.05, 0) is 62.1 Å². The van der Waals surface area contributed by atoms with Gasteiger partial charge in [0.25, 0.3) is 0 Å². The van der Waals surface area contributed by atoms with Crippen LogP contribution in [0.25, 0.3) is 0 Å². The van der Waals surface area contributed by atoms with Gasteiger partial charge in [-0.25, -0.2) is 0 Å². The van der Waals surface area contributed by atoms with Gasteiger partial charge in [0.15, 0.2) is 5.78 Å². The number of cyclic esters (lactones) is 1. The number of carbonyl (C=O) groups excluding carboxylic acids is 2. The summed E-state index contributed by atoms with van der Waals surface area (Å²) >= 11 is 0. The quantitative estimate of drug-likeness (QED) is 0.794. The van der Waals surface area contributed by atoms with E-state index in [-0.39, 0.29) is 23.1 Å². The van der Waals surface area contributed by atoms with Gasteiger partial charge in [-0.2, -0.15) is 0 Å². The van der Waals surface area contributed by atoms with Gasteiger partial charge in [0.1, 0.15) is 0 Å². The van der Waals surface area contributed by atoms with Crippen LogP contribution in [0.1, 0.15) is 45.1 Å². The van der Waals surface area contributed by atoms with Crippen LogP contribution in [-0.2, 0) is 20.7 Å². The van der Waals surface area contributed by atoms with Crippen LogP contribution in [0.2, 0.25) is 0 Å². The van der Waals surface area contributed by atoms with Gasteiger partial charge in [0, 0.05) is 11.8 Å². The van der Waals surface area contributed by atoms with Gasteiger partial charge >= 0.3 is 5.97 Å². The molecule has 4 rings (SSSR count). The third-order valence-corrected chi connectivity index (χ3v) is 7.02. The van der Waals surface area contributed by atoms with Gasteiger partial charge < -0.3 is 9.15 Å². The Labute approximate surface area is 142 Å². The first-order valence-electron chi connectivity index (χ1n) is 8.89. The minimum Gasteiger partial charge on any atom is -0.472 e. The average Bonchev–Trinajstić information content (AvgIpc) is 3.06. The predicted molar refractivity (Wildman–Crippen MR) is 88.1 cm³/mol. The van der Waals surface area contributed by atoms with Gasteiger partial charge in [0.2, 0.25) is 0 Å². The lowest BCUT2D eigenvalue weighted by Crippen LogP contribution is -2.62. The second kappa shape index (κ2) is 5.33. The number of esters is 1. The van der Waals surface area contributed by atoms with Crippen LogP contribution in [-0.4, -0.2) is 18.4 Å². The molecule has 0 N–H and O–H groups in total. The molecule has 1 saturated carbocycles. The Morgan fingerprint density at radius 1 is 1.33 bits per heavy atom. The van der Waals surface area contributed by atoms with E-state index in [4.69, 9.17) is 9.15 Å². The first kappa shape index (κ1) is 15.7. The molecule has 1 saturated heterocycles. The molecular weight excluding hydrogens is 304 g/mol. The Morgan fingerprint density at radius 2 is 2.17 bits per heavy atom. The van der Waals surface area contributed by atoms with Crippen molar-refractivity contribution in [3.63, 3.8) is 0 Å². The predicted octanol–water partition coefficient (Wildman–Crippen LogP) is 3.71. The molecule has 24 heavy (non-hydrogen) atoms. The number of allylic oxidation sites excluding steroid dienone is 1. The Kier molecular flexibility index (Phi) is 3.48. The lowest BCUT2D eigenvalue weighted by Gasteiger charge is -2.61. The van der Waals surface area contributed by atoms with Crippen LogP contribution in [0.5, 0.6) is 0 Å². The van der Waals surface area contributed by atoms with E-state index in [0.717, 1.165) is 31.3 Å². The summed E-state index contributed by atoms with van der Waals surface area (Å²) < 4.78 is 10.9. The lowest BCUT2D eigenvalue weighted by molar-refractivity contribution is -0.203. The number of ketones is 1. The third-order valence-electron chi connectivity index (χ3n) is 7.02. The highest BCUT2D eigenvalue weighted by Gasteiger charge is 2.65. The minimum absolute atomic E-state index is 0.0689. The van der Waals surface area contributed by atoms with Crippen molar-refractivity contribution >= 4 is 11.8 Å². The number of rotatable bonds is 3. The van der Waals surface area contributed by atoms with Crippen molar-refractivity contribution in [2.75, 3.05) is 6.61 Å². The van der Waals surface area contributed by atoms with E-state index in [9.17, 15) is 9.59 Å². The van der Waals surface area contributed by atoms with Crippen LogP contribution >= 0.6 is 0 Å². The van der Waals surface area contributed by atoms with Crippen molar-refractivity contribution in [3.05, 3.63) is 35.8 Å². The molecule has 0 amide bonds. The number of hydrogen-bond donors (Lipinski definition) is 0. The Balaban J connectivity index is 1.75. The molecule has 0 spiro atoms. The first-order chi connectivity index (χ1) is 11.5. The van der Waals surface area contributed by atoms with Gasteiger partial charge in [-0.15, -0.1) is 0 Å². The molecule has 0 aromatic carbocycles. The lowest BCUT2D eigenvalue weighted by atomic mass is 9.44. The Hall–Kier alpha value is -1.84. The maximum Gasteiger partial charge on any atom is 0.316 e. The molecule has 4 heteroatoms. The fourth-order valence-electron chi connectivity index (χ4n) is 5.50. The zero-order valence-electron chi connectivity index (χ0n) is 14.3. The molecule has 1 aromatic rings. The summed E-state index contributed by atoms with van der Waals surface area (Å²) in [5.74, 6) is 0.554. The third kappa shape index (κ3) is 1.98. The summed E-state index contributed by atoms with van der Waals surface area (Å²) in [6.45, 7) is 4.64. The fourth-order valence-corrected chi connectivity index (χ4v) is 5.50. The van der Waals surface area contributed by atoms with Crippen LogP contribution in [0.15, 0.2) is 34.7 Å². The highest BCUT2D eigenvalue weighted by molar-refractivity contribution is 5.96. The first-order valence-corrected chi connectivity index (χ1v) is 8.89. The Bertz CT molecular complexity index is 701. The zero-order chi connectivity index (χ0) is 16.9. The highest BCUT2D eigenvalue weighted by atomic mass is 16.5. The van der Waals surface area contributed by atoms with E-state index >= 15 is 0 Å². The van der Waals surface area contributed by atoms with Crippen LogP contribution in [0, 0.1) is 22.7 Å². The van der Waals surface area contributed by atoms with Crippen molar-refractivity contribution in [3.8, 4) is 0 Å². The minimum atomic E-state index is -0.574. The number of carbonyl (C=O) groups is 2. The van der Waals surface area contributed by atoms with E-state index in [1.165, 1.54) is 5.56 Å². The van der Waals surface area contributed by atoms with E-state index in [0.29, 0.717) is 18.9 Å². The summed E-state index contributed by atoms with van der Waals surface area (Å²) in [5.41, 5.74) is 1.39. The van der Waals surface area contributed by atoms with E-state index in [1.807, 2.05) is 13.0 Å². The largest absolute Gasteiger partial charge is 0.472 e. The summed E-state index contributed by atoms with van der Waals surface area (Å²) in [6, 6.07) is 1.99. The maximum atomic E-state index is 12.8. The van der Waals surface area contributed by atoms with E-state index in [1.54, 1.807) is 18.6 Å². The van der Waals surface area contributed by atoms with Crippen LogP contribution < -0.4 is 0 Å². The SMILES string of the molecule is CC1=CC(=O)C[C@H]2[C@@]13CC[C@@H](C)[C@@]2(CCc1ccoc1)COC3=O. The van der Waals surface area contributed by atoms with Crippen molar-refractivity contribution in [1.29, 1.82) is 0 Å². The molecule has 1 aliphatic heterocycles. The molecule has 2 heterocycles. The molecule has 4 atom stereocenters. The highest BCUT2D eigenvalue weighted by Crippen LogP contribution is 2.64. The average molecular weight is 328 g/mol. The monoisotopic (exact) mass is 328 g/mol. The van der Waals surface area contributed by atoms with E-state index < -0.39 is 5.41 Å². The molecule has 1 aromatic heterocycles. The van der Waals surface area contributed by atoms with Gasteiger partial charge in [-0.3, -0.25) is 9.59 Å². The van der Waals surface area contributed by atoms with Gasteiger partial charge in [-0.1, -0.05) is 12.5 Å². The topological polar surface area (TPSA) is 56.5 Å². The summed E-state index contributed by atoms with van der Waals surface area (Å²) in [6.07, 6.45) is 9.26. The number of hydrogen-bond acceptors (Lipinski definition) is 4.